The highest BCUT2D eigenvalue weighted by atomic mass is 19.1. The maximum Gasteiger partial charge on any atom is 0.341 e. The minimum atomic E-state index is -2.16. The lowest BCUT2D eigenvalue weighted by molar-refractivity contribution is -0.159. The van der Waals surface area contributed by atoms with Gasteiger partial charge in [-0.2, -0.15) is 0 Å². The van der Waals surface area contributed by atoms with Crippen molar-refractivity contribution in [3.05, 3.63) is 0 Å². The van der Waals surface area contributed by atoms with Crippen molar-refractivity contribution in [3.63, 3.8) is 0 Å². The smallest absolute Gasteiger partial charge is 0.341 e. The van der Waals surface area contributed by atoms with Crippen LogP contribution in [0.4, 0.5) is 4.39 Å². The molecule has 0 aromatic carbocycles. The zero-order valence-electron chi connectivity index (χ0n) is 10.2. The van der Waals surface area contributed by atoms with Crippen LogP contribution in [0.5, 0.6) is 0 Å². The summed E-state index contributed by atoms with van der Waals surface area (Å²) < 4.78 is 13.4. The first-order valence-corrected chi connectivity index (χ1v) is 5.76. The number of carboxylic acid groups (broad SMARTS) is 1. The molecule has 1 aliphatic carbocycles. The predicted molar refractivity (Wildman–Crippen MR) is 58.9 cm³/mol. The summed E-state index contributed by atoms with van der Waals surface area (Å²) in [5, 5.41) is 18.5. The molecule has 0 aromatic rings. The van der Waals surface area contributed by atoms with Gasteiger partial charge in [-0.05, 0) is 37.0 Å². The Morgan fingerprint density at radius 1 is 1.38 bits per heavy atom. The van der Waals surface area contributed by atoms with Crippen LogP contribution >= 0.6 is 0 Å². The van der Waals surface area contributed by atoms with Gasteiger partial charge < -0.3 is 10.2 Å². The molecular weight excluding hydrogens is 211 g/mol. The van der Waals surface area contributed by atoms with E-state index in [1.807, 2.05) is 0 Å². The van der Waals surface area contributed by atoms with Crippen molar-refractivity contribution < 1.29 is 19.4 Å². The molecule has 2 N–H and O–H groups in total. The van der Waals surface area contributed by atoms with Crippen LogP contribution in [0.1, 0.15) is 46.5 Å². The monoisotopic (exact) mass is 232 g/mol. The van der Waals surface area contributed by atoms with E-state index in [1.165, 1.54) is 0 Å². The van der Waals surface area contributed by atoms with Gasteiger partial charge in [0.25, 0.3) is 0 Å². The minimum absolute atomic E-state index is 0.135. The molecule has 94 valence electrons. The molecule has 0 amide bonds. The fourth-order valence-electron chi connectivity index (χ4n) is 2.47. The molecule has 4 heteroatoms. The van der Waals surface area contributed by atoms with Crippen LogP contribution in [-0.4, -0.2) is 28.0 Å². The zero-order valence-corrected chi connectivity index (χ0v) is 10.2. The Hall–Kier alpha value is -0.640. The van der Waals surface area contributed by atoms with Crippen LogP contribution in [0.25, 0.3) is 0 Å². The molecule has 1 atom stereocenters. The molecule has 1 rings (SSSR count). The van der Waals surface area contributed by atoms with Crippen molar-refractivity contribution in [1.82, 2.24) is 0 Å². The Labute approximate surface area is 95.7 Å². The van der Waals surface area contributed by atoms with Gasteiger partial charge in [-0.1, -0.05) is 20.8 Å². The number of halogens is 1. The maximum absolute atomic E-state index is 13.4. The third-order valence-electron chi connectivity index (χ3n) is 3.76. The number of aliphatic carboxylic acids is 1. The number of carboxylic acids is 1. The summed E-state index contributed by atoms with van der Waals surface area (Å²) in [5.74, 6) is -1.13. The van der Waals surface area contributed by atoms with Gasteiger partial charge in [-0.15, -0.1) is 0 Å². The first kappa shape index (κ1) is 13.4. The van der Waals surface area contributed by atoms with E-state index in [-0.39, 0.29) is 18.3 Å². The first-order valence-electron chi connectivity index (χ1n) is 5.76. The Balaban J connectivity index is 2.63. The number of aliphatic hydroxyl groups is 1. The van der Waals surface area contributed by atoms with Gasteiger partial charge in [0, 0.05) is 0 Å². The van der Waals surface area contributed by atoms with Crippen molar-refractivity contribution in [2.45, 2.75) is 58.2 Å². The van der Waals surface area contributed by atoms with Gasteiger partial charge in [-0.25, -0.2) is 9.18 Å². The normalized spacial score (nSPS) is 33.4. The Morgan fingerprint density at radius 3 is 2.12 bits per heavy atom. The summed E-state index contributed by atoms with van der Waals surface area (Å²) in [7, 11) is 0. The molecule has 1 fully saturated rings. The molecule has 1 saturated carbocycles. The van der Waals surface area contributed by atoms with Crippen molar-refractivity contribution in [3.8, 4) is 0 Å². The van der Waals surface area contributed by atoms with Crippen LogP contribution in [0, 0.1) is 11.3 Å². The van der Waals surface area contributed by atoms with E-state index in [4.69, 9.17) is 5.11 Å². The van der Waals surface area contributed by atoms with Gasteiger partial charge in [0.05, 0.1) is 0 Å². The number of hydrogen-bond donors (Lipinski definition) is 2. The Bertz CT molecular complexity index is 262. The molecular formula is C12H21FO3. The third-order valence-corrected chi connectivity index (χ3v) is 3.76. The van der Waals surface area contributed by atoms with E-state index in [0.717, 1.165) is 0 Å². The van der Waals surface area contributed by atoms with Gasteiger partial charge in [0.1, 0.15) is 5.60 Å². The molecule has 1 aliphatic rings. The SMILES string of the molecule is CC(C)(C)C1CCC(O)(C(F)C(=O)O)CC1. The minimum Gasteiger partial charge on any atom is -0.479 e. The van der Waals surface area contributed by atoms with E-state index in [2.05, 4.69) is 20.8 Å². The largest absolute Gasteiger partial charge is 0.479 e. The second-order valence-corrected chi connectivity index (χ2v) is 5.94. The maximum atomic E-state index is 13.4. The molecule has 0 aromatic heterocycles. The first-order chi connectivity index (χ1) is 7.17. The van der Waals surface area contributed by atoms with Gasteiger partial charge >= 0.3 is 5.97 Å². The number of rotatable bonds is 2. The quantitative estimate of drug-likeness (QED) is 0.768. The lowest BCUT2D eigenvalue weighted by Gasteiger charge is -2.41. The van der Waals surface area contributed by atoms with Gasteiger partial charge in [0.2, 0.25) is 6.17 Å². The molecule has 0 radical (unpaired) electrons. The van der Waals surface area contributed by atoms with Crippen molar-refractivity contribution in [2.24, 2.45) is 11.3 Å². The fourth-order valence-corrected chi connectivity index (χ4v) is 2.47. The van der Waals surface area contributed by atoms with Crippen molar-refractivity contribution in [2.75, 3.05) is 0 Å². The molecule has 0 aliphatic heterocycles. The van der Waals surface area contributed by atoms with Crippen LogP contribution in [0.15, 0.2) is 0 Å². The second-order valence-electron chi connectivity index (χ2n) is 5.94. The summed E-state index contributed by atoms with van der Waals surface area (Å²) in [6.45, 7) is 6.35. The van der Waals surface area contributed by atoms with Crippen LogP contribution in [-0.2, 0) is 4.79 Å². The average molecular weight is 232 g/mol. The predicted octanol–water partition coefficient (Wildman–Crippen LogP) is 2.38. The van der Waals surface area contributed by atoms with Crippen molar-refractivity contribution >= 4 is 5.97 Å². The molecule has 0 heterocycles. The summed E-state index contributed by atoms with van der Waals surface area (Å²) in [6.07, 6.45) is -0.305. The zero-order chi connectivity index (χ0) is 12.6. The number of carbonyl (C=O) groups is 1. The van der Waals surface area contributed by atoms with E-state index < -0.39 is 17.7 Å². The van der Waals surface area contributed by atoms with E-state index in [9.17, 15) is 14.3 Å². The lowest BCUT2D eigenvalue weighted by atomic mass is 9.67. The van der Waals surface area contributed by atoms with Gasteiger partial charge in [0.15, 0.2) is 0 Å². The van der Waals surface area contributed by atoms with E-state index >= 15 is 0 Å². The summed E-state index contributed by atoms with van der Waals surface area (Å²) in [4.78, 5) is 10.5. The third kappa shape index (κ3) is 2.73. The Kier molecular flexibility index (Phi) is 3.62. The number of alkyl halides is 1. The lowest BCUT2D eigenvalue weighted by Crippen LogP contribution is -2.48. The Morgan fingerprint density at radius 2 is 1.81 bits per heavy atom. The van der Waals surface area contributed by atoms with E-state index in [0.29, 0.717) is 18.8 Å². The highest BCUT2D eigenvalue weighted by Crippen LogP contribution is 2.43. The second kappa shape index (κ2) is 4.32. The summed E-state index contributed by atoms with van der Waals surface area (Å²) in [5.41, 5.74) is -1.52. The topological polar surface area (TPSA) is 57.5 Å². The summed E-state index contributed by atoms with van der Waals surface area (Å²) in [6, 6.07) is 0. The molecule has 0 bridgehead atoms. The standard InChI is InChI=1S/C12H21FO3/c1-11(2,3)8-4-6-12(16,7-5-8)9(13)10(14)15/h8-9,16H,4-7H2,1-3H3,(H,14,15). The van der Waals surface area contributed by atoms with Crippen LogP contribution < -0.4 is 0 Å². The van der Waals surface area contributed by atoms with Crippen LogP contribution in [0.2, 0.25) is 0 Å². The number of hydrogen-bond acceptors (Lipinski definition) is 2. The molecule has 16 heavy (non-hydrogen) atoms. The molecule has 0 saturated heterocycles. The fraction of sp³-hybridized carbons (Fsp3) is 0.917. The molecule has 1 unspecified atom stereocenters. The average Bonchev–Trinajstić information content (AvgIpc) is 2.15. The van der Waals surface area contributed by atoms with Gasteiger partial charge in [-0.3, -0.25) is 0 Å². The van der Waals surface area contributed by atoms with Crippen molar-refractivity contribution in [1.29, 1.82) is 0 Å². The highest BCUT2D eigenvalue weighted by Gasteiger charge is 2.46. The van der Waals surface area contributed by atoms with Crippen LogP contribution in [0.3, 0.4) is 0 Å². The molecule has 3 nitrogen and oxygen atoms in total. The summed E-state index contributed by atoms with van der Waals surface area (Å²) >= 11 is 0. The van der Waals surface area contributed by atoms with E-state index in [1.54, 1.807) is 0 Å². The highest BCUT2D eigenvalue weighted by molar-refractivity contribution is 5.73. The molecule has 0 spiro atoms.